The van der Waals surface area contributed by atoms with Gasteiger partial charge >= 0.3 is 0 Å². The Balaban J connectivity index is 1.62. The predicted molar refractivity (Wildman–Crippen MR) is 123 cm³/mol. The summed E-state index contributed by atoms with van der Waals surface area (Å²) in [6.45, 7) is 0.183. The van der Waals surface area contributed by atoms with Crippen molar-refractivity contribution in [2.24, 2.45) is 0 Å². The van der Waals surface area contributed by atoms with Crippen molar-refractivity contribution < 1.29 is 13.2 Å². The first-order valence-corrected chi connectivity index (χ1v) is 12.3. The summed E-state index contributed by atoms with van der Waals surface area (Å²) in [6.07, 6.45) is 1.47. The van der Waals surface area contributed by atoms with Crippen molar-refractivity contribution in [1.29, 1.82) is 0 Å². The number of sulfone groups is 1. The van der Waals surface area contributed by atoms with Crippen LogP contribution in [0.4, 0.5) is 5.13 Å². The fourth-order valence-electron chi connectivity index (χ4n) is 3.04. The Hall–Kier alpha value is -2.81. The SMILES string of the molecule is O=C(CCS(=O)(=O)c1ccccc1)N(Cc1ccccn1)c1nc2c(Cl)cccc2s1. The van der Waals surface area contributed by atoms with Gasteiger partial charge in [0, 0.05) is 12.6 Å². The van der Waals surface area contributed by atoms with Gasteiger partial charge in [-0.15, -0.1) is 0 Å². The highest BCUT2D eigenvalue weighted by atomic mass is 35.5. The lowest BCUT2D eigenvalue weighted by Crippen LogP contribution is -2.32. The molecular formula is C22H18ClN3O3S2. The molecule has 0 saturated heterocycles. The lowest BCUT2D eigenvalue weighted by Gasteiger charge is -2.19. The third-order valence-electron chi connectivity index (χ3n) is 4.62. The van der Waals surface area contributed by atoms with Crippen LogP contribution in [0.2, 0.25) is 5.02 Å². The maximum atomic E-state index is 13.2. The summed E-state index contributed by atoms with van der Waals surface area (Å²) in [5.74, 6) is -0.638. The Morgan fingerprint density at radius 1 is 1.00 bits per heavy atom. The molecule has 0 aliphatic heterocycles. The number of anilines is 1. The molecule has 6 nitrogen and oxygen atoms in total. The number of halogens is 1. The Bertz CT molecular complexity index is 1310. The molecule has 4 rings (SSSR count). The fraction of sp³-hybridized carbons (Fsp3) is 0.136. The molecule has 0 bridgehead atoms. The summed E-state index contributed by atoms with van der Waals surface area (Å²) in [5, 5.41) is 0.952. The first-order chi connectivity index (χ1) is 14.9. The zero-order chi connectivity index (χ0) is 21.8. The second-order valence-corrected chi connectivity index (χ2v) is 10.3. The van der Waals surface area contributed by atoms with Crippen molar-refractivity contribution in [3.05, 3.63) is 83.6 Å². The quantitative estimate of drug-likeness (QED) is 0.389. The number of rotatable bonds is 7. The van der Waals surface area contributed by atoms with E-state index in [0.717, 1.165) is 4.70 Å². The zero-order valence-corrected chi connectivity index (χ0v) is 18.7. The predicted octanol–water partition coefficient (Wildman–Crippen LogP) is 4.74. The number of thiazole rings is 1. The number of pyridine rings is 1. The normalized spacial score (nSPS) is 11.5. The molecule has 0 radical (unpaired) electrons. The first-order valence-electron chi connectivity index (χ1n) is 9.47. The molecule has 1 amide bonds. The van der Waals surface area contributed by atoms with E-state index in [4.69, 9.17) is 11.6 Å². The third kappa shape index (κ3) is 4.92. The van der Waals surface area contributed by atoms with Gasteiger partial charge in [-0.2, -0.15) is 0 Å². The first kappa shape index (κ1) is 21.4. The molecule has 2 heterocycles. The summed E-state index contributed by atoms with van der Waals surface area (Å²) in [4.78, 5) is 23.7. The molecule has 0 unspecified atom stereocenters. The summed E-state index contributed by atoms with van der Waals surface area (Å²) < 4.78 is 26.1. The maximum Gasteiger partial charge on any atom is 0.230 e. The summed E-state index contributed by atoms with van der Waals surface area (Å²) in [5.41, 5.74) is 1.28. The van der Waals surface area contributed by atoms with Gasteiger partial charge < -0.3 is 0 Å². The number of benzene rings is 2. The summed E-state index contributed by atoms with van der Waals surface area (Å²) in [6, 6.07) is 19.0. The van der Waals surface area contributed by atoms with Gasteiger partial charge in [0.2, 0.25) is 5.91 Å². The van der Waals surface area contributed by atoms with Crippen molar-refractivity contribution in [3.63, 3.8) is 0 Å². The van der Waals surface area contributed by atoms with Gasteiger partial charge in [0.25, 0.3) is 0 Å². The van der Waals surface area contributed by atoms with Crippen LogP contribution in [0.3, 0.4) is 0 Å². The summed E-state index contributed by atoms with van der Waals surface area (Å²) in [7, 11) is -3.58. The monoisotopic (exact) mass is 471 g/mol. The Morgan fingerprint density at radius 2 is 1.77 bits per heavy atom. The van der Waals surface area contributed by atoms with Gasteiger partial charge in [-0.3, -0.25) is 14.7 Å². The molecule has 31 heavy (non-hydrogen) atoms. The van der Waals surface area contributed by atoms with E-state index < -0.39 is 9.84 Å². The highest BCUT2D eigenvalue weighted by molar-refractivity contribution is 7.91. The highest BCUT2D eigenvalue weighted by Gasteiger charge is 2.24. The number of carbonyl (C=O) groups is 1. The van der Waals surface area contributed by atoms with Gasteiger partial charge in [0.05, 0.1) is 32.6 Å². The minimum atomic E-state index is -3.58. The molecule has 158 valence electrons. The van der Waals surface area contributed by atoms with E-state index in [0.29, 0.717) is 21.4 Å². The molecule has 9 heteroatoms. The molecule has 0 atom stereocenters. The van der Waals surface area contributed by atoms with E-state index in [1.54, 1.807) is 42.6 Å². The average Bonchev–Trinajstić information content (AvgIpc) is 3.23. The zero-order valence-electron chi connectivity index (χ0n) is 16.3. The average molecular weight is 472 g/mol. The van der Waals surface area contributed by atoms with Crippen molar-refractivity contribution in [2.45, 2.75) is 17.9 Å². The van der Waals surface area contributed by atoms with E-state index >= 15 is 0 Å². The van der Waals surface area contributed by atoms with Crippen molar-refractivity contribution >= 4 is 54.0 Å². The number of fused-ring (bicyclic) bond motifs is 1. The Labute approximate surface area is 189 Å². The van der Waals surface area contributed by atoms with E-state index in [2.05, 4.69) is 9.97 Å². The molecule has 0 aliphatic rings. The van der Waals surface area contributed by atoms with Crippen LogP contribution in [-0.2, 0) is 21.2 Å². The molecular weight excluding hydrogens is 454 g/mol. The topological polar surface area (TPSA) is 80.2 Å². The second kappa shape index (κ2) is 9.13. The number of carbonyl (C=O) groups excluding carboxylic acids is 1. The lowest BCUT2D eigenvalue weighted by molar-refractivity contribution is -0.118. The van der Waals surface area contributed by atoms with Crippen LogP contribution in [-0.4, -0.2) is 30.0 Å². The molecule has 2 aromatic carbocycles. The molecule has 0 aliphatic carbocycles. The fourth-order valence-corrected chi connectivity index (χ4v) is 5.57. The molecule has 0 fully saturated rings. The largest absolute Gasteiger partial charge is 0.282 e. The molecule has 0 saturated carbocycles. The molecule has 0 spiro atoms. The van der Waals surface area contributed by atoms with Crippen LogP contribution in [0.15, 0.2) is 77.8 Å². The second-order valence-electron chi connectivity index (χ2n) is 6.77. The lowest BCUT2D eigenvalue weighted by atomic mass is 10.3. The minimum absolute atomic E-state index is 0.173. The van der Waals surface area contributed by atoms with Crippen molar-refractivity contribution in [2.75, 3.05) is 10.7 Å². The smallest absolute Gasteiger partial charge is 0.230 e. The van der Waals surface area contributed by atoms with Gasteiger partial charge in [-0.1, -0.05) is 53.3 Å². The number of aromatic nitrogens is 2. The van der Waals surface area contributed by atoms with Crippen molar-refractivity contribution in [1.82, 2.24) is 9.97 Å². The molecule has 2 aromatic heterocycles. The van der Waals surface area contributed by atoms with E-state index in [9.17, 15) is 13.2 Å². The van der Waals surface area contributed by atoms with Crippen LogP contribution in [0.1, 0.15) is 12.1 Å². The van der Waals surface area contributed by atoms with Crippen LogP contribution < -0.4 is 4.90 Å². The summed E-state index contributed by atoms with van der Waals surface area (Å²) >= 11 is 7.58. The van der Waals surface area contributed by atoms with Gasteiger partial charge in [0.1, 0.15) is 5.52 Å². The maximum absolute atomic E-state index is 13.2. The highest BCUT2D eigenvalue weighted by Crippen LogP contribution is 2.33. The Morgan fingerprint density at radius 3 is 2.48 bits per heavy atom. The van der Waals surface area contributed by atoms with E-state index in [1.165, 1.54) is 28.4 Å². The standard InChI is InChI=1S/C22H18ClN3O3S2/c23-18-10-6-11-19-21(18)25-22(30-19)26(15-16-7-4-5-13-24-16)20(27)12-14-31(28,29)17-8-2-1-3-9-17/h1-11,13H,12,14-15H2. The Kier molecular flexibility index (Phi) is 6.31. The molecule has 4 aromatic rings. The van der Waals surface area contributed by atoms with Gasteiger partial charge in [-0.05, 0) is 36.4 Å². The number of amides is 1. The van der Waals surface area contributed by atoms with Crippen LogP contribution in [0.25, 0.3) is 10.2 Å². The number of hydrogen-bond acceptors (Lipinski definition) is 6. The van der Waals surface area contributed by atoms with Crippen molar-refractivity contribution in [3.8, 4) is 0 Å². The minimum Gasteiger partial charge on any atom is -0.282 e. The van der Waals surface area contributed by atoms with Gasteiger partial charge in [-0.25, -0.2) is 13.4 Å². The van der Waals surface area contributed by atoms with Gasteiger partial charge in [0.15, 0.2) is 15.0 Å². The third-order valence-corrected chi connectivity index (χ3v) is 7.70. The van der Waals surface area contributed by atoms with Crippen LogP contribution >= 0.6 is 22.9 Å². The van der Waals surface area contributed by atoms with Crippen LogP contribution in [0, 0.1) is 0 Å². The van der Waals surface area contributed by atoms with E-state index in [1.807, 2.05) is 18.2 Å². The number of nitrogens with zero attached hydrogens (tertiary/aromatic N) is 3. The molecule has 0 N–H and O–H groups in total. The number of hydrogen-bond donors (Lipinski definition) is 0. The van der Waals surface area contributed by atoms with Crippen LogP contribution in [0.5, 0.6) is 0 Å². The van der Waals surface area contributed by atoms with E-state index in [-0.39, 0.29) is 29.5 Å². The number of para-hydroxylation sites is 1.